The Hall–Kier alpha value is -3.43. The summed E-state index contributed by atoms with van der Waals surface area (Å²) in [6.07, 6.45) is 2.02. The Kier molecular flexibility index (Phi) is 6.21. The van der Waals surface area contributed by atoms with Crippen molar-refractivity contribution in [3.05, 3.63) is 94.6 Å². The Morgan fingerprint density at radius 3 is 2.59 bits per heavy atom. The number of carbonyl (C=O) groups is 1. The molecule has 0 spiro atoms. The number of nitrogens with zero attached hydrogens (tertiary/aromatic N) is 3. The van der Waals surface area contributed by atoms with Crippen molar-refractivity contribution in [3.63, 3.8) is 0 Å². The van der Waals surface area contributed by atoms with Crippen LogP contribution in [0.1, 0.15) is 30.0 Å². The molecule has 3 heterocycles. The number of amides is 2. The number of hydrogen-bond acceptors (Lipinski definition) is 6. The van der Waals surface area contributed by atoms with E-state index in [1.165, 1.54) is 23.5 Å². The fraction of sp³-hybridized carbons (Fsp3) is 0.160. The predicted octanol–water partition coefficient (Wildman–Crippen LogP) is 6.36. The van der Waals surface area contributed by atoms with E-state index in [0.717, 1.165) is 26.5 Å². The van der Waals surface area contributed by atoms with Crippen molar-refractivity contribution in [2.24, 2.45) is 0 Å². The summed E-state index contributed by atoms with van der Waals surface area (Å²) >= 11 is 3.18. The standard InChI is InChI=1S/C25H21FN4O2S2/c1-15-21(24-28-23(29-32-24)20-4-3-13-34-20)22(17-7-11-19(33-2)12-8-17)27-25(31)30(15)14-16-5-9-18(26)10-6-16/h3-13,22H,14H2,1-2H3,(H,27,31). The summed E-state index contributed by atoms with van der Waals surface area (Å²) in [6, 6.07) is 17.3. The quantitative estimate of drug-likeness (QED) is 0.317. The van der Waals surface area contributed by atoms with Crippen molar-refractivity contribution in [2.45, 2.75) is 24.4 Å². The van der Waals surface area contributed by atoms with Crippen molar-refractivity contribution < 1.29 is 13.7 Å². The molecule has 34 heavy (non-hydrogen) atoms. The van der Waals surface area contributed by atoms with Gasteiger partial charge in [0.05, 0.1) is 23.0 Å². The molecule has 0 saturated heterocycles. The molecule has 0 saturated carbocycles. The van der Waals surface area contributed by atoms with Gasteiger partial charge in [0.15, 0.2) is 0 Å². The van der Waals surface area contributed by atoms with Gasteiger partial charge in [-0.2, -0.15) is 4.98 Å². The van der Waals surface area contributed by atoms with Gasteiger partial charge in [-0.05, 0) is 60.0 Å². The molecular formula is C25H21FN4O2S2. The molecule has 4 aromatic rings. The van der Waals surface area contributed by atoms with Gasteiger partial charge in [-0.3, -0.25) is 4.90 Å². The summed E-state index contributed by atoms with van der Waals surface area (Å²) in [4.78, 5) is 21.5. The second kappa shape index (κ2) is 9.44. The SMILES string of the molecule is CSc1ccc(C2NC(=O)N(Cc3ccc(F)cc3)C(C)=C2c2nc(-c3cccs3)no2)cc1. The molecule has 0 aliphatic carbocycles. The van der Waals surface area contributed by atoms with Crippen LogP contribution in [0.3, 0.4) is 0 Å². The number of benzene rings is 2. The first-order valence-electron chi connectivity index (χ1n) is 10.6. The Labute approximate surface area is 204 Å². The maximum absolute atomic E-state index is 13.4. The van der Waals surface area contributed by atoms with E-state index in [1.807, 2.05) is 55.0 Å². The van der Waals surface area contributed by atoms with Crippen molar-refractivity contribution in [1.82, 2.24) is 20.4 Å². The summed E-state index contributed by atoms with van der Waals surface area (Å²) in [5.74, 6) is 0.535. The third-order valence-electron chi connectivity index (χ3n) is 5.70. The van der Waals surface area contributed by atoms with Crippen LogP contribution >= 0.6 is 23.1 Å². The average molecular weight is 493 g/mol. The van der Waals surface area contributed by atoms with Crippen LogP contribution in [0.4, 0.5) is 9.18 Å². The first-order valence-corrected chi connectivity index (χ1v) is 12.7. The minimum Gasteiger partial charge on any atom is -0.334 e. The molecule has 2 aromatic heterocycles. The predicted molar refractivity (Wildman–Crippen MR) is 132 cm³/mol. The molecule has 5 rings (SSSR count). The van der Waals surface area contributed by atoms with Gasteiger partial charge in [-0.15, -0.1) is 23.1 Å². The minimum absolute atomic E-state index is 0.248. The largest absolute Gasteiger partial charge is 0.334 e. The topological polar surface area (TPSA) is 71.3 Å². The Bertz CT molecular complexity index is 1330. The maximum Gasteiger partial charge on any atom is 0.322 e. The van der Waals surface area contributed by atoms with Gasteiger partial charge < -0.3 is 9.84 Å². The molecule has 1 atom stereocenters. The number of carbonyl (C=O) groups excluding carboxylic acids is 1. The molecule has 1 aliphatic rings. The number of halogens is 1. The molecule has 0 fully saturated rings. The first kappa shape index (κ1) is 22.4. The van der Waals surface area contributed by atoms with E-state index in [0.29, 0.717) is 17.4 Å². The van der Waals surface area contributed by atoms with Crippen LogP contribution in [0.2, 0.25) is 0 Å². The molecule has 6 nitrogen and oxygen atoms in total. The lowest BCUT2D eigenvalue weighted by atomic mass is 9.94. The highest BCUT2D eigenvalue weighted by Crippen LogP contribution is 2.38. The van der Waals surface area contributed by atoms with Gasteiger partial charge in [-0.1, -0.05) is 35.5 Å². The Balaban J connectivity index is 1.58. The van der Waals surface area contributed by atoms with Crippen LogP contribution in [0.25, 0.3) is 16.3 Å². The number of hydrogen-bond donors (Lipinski definition) is 1. The van der Waals surface area contributed by atoms with E-state index >= 15 is 0 Å². The van der Waals surface area contributed by atoms with Gasteiger partial charge in [0.2, 0.25) is 5.82 Å². The summed E-state index contributed by atoms with van der Waals surface area (Å²) in [6.45, 7) is 2.15. The van der Waals surface area contributed by atoms with Crippen molar-refractivity contribution in [3.8, 4) is 10.7 Å². The fourth-order valence-corrected chi connectivity index (χ4v) is 4.96. The van der Waals surface area contributed by atoms with E-state index in [9.17, 15) is 9.18 Å². The van der Waals surface area contributed by atoms with E-state index in [-0.39, 0.29) is 18.4 Å². The molecule has 2 amide bonds. The van der Waals surface area contributed by atoms with Crippen LogP contribution in [0.15, 0.2) is 81.2 Å². The average Bonchev–Trinajstić information content (AvgIpc) is 3.55. The minimum atomic E-state index is -0.454. The smallest absolute Gasteiger partial charge is 0.322 e. The molecule has 1 aliphatic heterocycles. The van der Waals surface area contributed by atoms with Crippen LogP contribution in [0.5, 0.6) is 0 Å². The monoisotopic (exact) mass is 492 g/mol. The lowest BCUT2D eigenvalue weighted by Gasteiger charge is -2.35. The van der Waals surface area contributed by atoms with Gasteiger partial charge in [-0.25, -0.2) is 9.18 Å². The van der Waals surface area contributed by atoms with Gasteiger partial charge in [0.25, 0.3) is 5.89 Å². The van der Waals surface area contributed by atoms with Gasteiger partial charge in [0.1, 0.15) is 5.82 Å². The van der Waals surface area contributed by atoms with Gasteiger partial charge >= 0.3 is 6.03 Å². The molecule has 172 valence electrons. The highest BCUT2D eigenvalue weighted by molar-refractivity contribution is 7.98. The van der Waals surface area contributed by atoms with E-state index in [4.69, 9.17) is 4.52 Å². The van der Waals surface area contributed by atoms with Crippen LogP contribution in [0, 0.1) is 5.82 Å². The number of rotatable bonds is 6. The van der Waals surface area contributed by atoms with Gasteiger partial charge in [0, 0.05) is 10.6 Å². The lowest BCUT2D eigenvalue weighted by molar-refractivity contribution is 0.203. The highest BCUT2D eigenvalue weighted by Gasteiger charge is 2.35. The third kappa shape index (κ3) is 4.36. The molecule has 1 unspecified atom stereocenters. The summed E-state index contributed by atoms with van der Waals surface area (Å²) in [7, 11) is 0. The number of nitrogens with one attached hydrogen (secondary N) is 1. The summed E-state index contributed by atoms with van der Waals surface area (Å²) < 4.78 is 19.1. The maximum atomic E-state index is 13.4. The zero-order valence-electron chi connectivity index (χ0n) is 18.5. The normalized spacial score (nSPS) is 16.1. The fourth-order valence-electron chi connectivity index (χ4n) is 3.91. The number of thioether (sulfide) groups is 1. The van der Waals surface area contributed by atoms with Crippen molar-refractivity contribution in [1.29, 1.82) is 0 Å². The van der Waals surface area contributed by atoms with Crippen LogP contribution in [-0.4, -0.2) is 27.3 Å². The van der Waals surface area contributed by atoms with Crippen molar-refractivity contribution in [2.75, 3.05) is 6.26 Å². The summed E-state index contributed by atoms with van der Waals surface area (Å²) in [5, 5.41) is 9.23. The lowest BCUT2D eigenvalue weighted by Crippen LogP contribution is -2.45. The number of allylic oxidation sites excluding steroid dienone is 1. The Morgan fingerprint density at radius 2 is 1.91 bits per heavy atom. The zero-order chi connectivity index (χ0) is 23.7. The second-order valence-corrected chi connectivity index (χ2v) is 9.60. The van der Waals surface area contributed by atoms with Crippen LogP contribution < -0.4 is 5.32 Å². The molecule has 9 heteroatoms. The third-order valence-corrected chi connectivity index (χ3v) is 7.31. The highest BCUT2D eigenvalue weighted by atomic mass is 32.2. The van der Waals surface area contributed by atoms with Crippen LogP contribution in [-0.2, 0) is 6.54 Å². The second-order valence-electron chi connectivity index (χ2n) is 7.77. The molecule has 0 bridgehead atoms. The number of thiophene rings is 1. The number of aromatic nitrogens is 2. The number of urea groups is 1. The molecular weight excluding hydrogens is 471 g/mol. The molecule has 0 radical (unpaired) electrons. The molecule has 1 N–H and O–H groups in total. The Morgan fingerprint density at radius 1 is 1.15 bits per heavy atom. The van der Waals surface area contributed by atoms with E-state index in [1.54, 1.807) is 28.8 Å². The zero-order valence-corrected chi connectivity index (χ0v) is 20.1. The molecule has 2 aromatic carbocycles. The first-order chi connectivity index (χ1) is 16.5. The van der Waals surface area contributed by atoms with E-state index in [2.05, 4.69) is 15.5 Å². The van der Waals surface area contributed by atoms with Crippen molar-refractivity contribution >= 4 is 34.7 Å². The summed E-state index contributed by atoms with van der Waals surface area (Å²) in [5.41, 5.74) is 3.16. The van der Waals surface area contributed by atoms with E-state index < -0.39 is 6.04 Å².